The summed E-state index contributed by atoms with van der Waals surface area (Å²) < 4.78 is 0. The largest absolute Gasteiger partial charge is 0.338 e. The van der Waals surface area contributed by atoms with Gasteiger partial charge in [0.1, 0.15) is 0 Å². The Morgan fingerprint density at radius 3 is 2.81 bits per heavy atom. The van der Waals surface area contributed by atoms with Crippen LogP contribution in [0.15, 0.2) is 0 Å². The van der Waals surface area contributed by atoms with E-state index in [1.54, 1.807) is 11.3 Å². The van der Waals surface area contributed by atoms with Gasteiger partial charge in [-0.2, -0.15) is 0 Å². The van der Waals surface area contributed by atoms with Crippen LogP contribution in [0.1, 0.15) is 34.8 Å². The third-order valence-electron chi connectivity index (χ3n) is 3.89. The van der Waals surface area contributed by atoms with E-state index in [4.69, 9.17) is 0 Å². The molecule has 0 radical (unpaired) electrons. The topological polar surface area (TPSA) is 74.3 Å². The van der Waals surface area contributed by atoms with E-state index in [-0.39, 0.29) is 18.0 Å². The molecule has 7 heteroatoms. The van der Waals surface area contributed by atoms with Crippen molar-refractivity contribution in [2.24, 2.45) is 0 Å². The van der Waals surface area contributed by atoms with Gasteiger partial charge in [0.2, 0.25) is 5.91 Å². The quantitative estimate of drug-likeness (QED) is 0.881. The molecule has 0 aromatic carbocycles. The number of thiazole rings is 1. The summed E-state index contributed by atoms with van der Waals surface area (Å²) in [6.45, 7) is 5.03. The Morgan fingerprint density at radius 1 is 1.43 bits per heavy atom. The summed E-state index contributed by atoms with van der Waals surface area (Å²) >= 11 is 1.60. The standard InChI is InChI=1S/C14H20N4O2S/c1-8-12(21-9(2)16-8)6-15-14(20)17-10-5-13(19)18(7-10)11-3-4-11/h10-11H,3-7H2,1-2H3,(H2,15,17,20)/t10-/m1/s1. The lowest BCUT2D eigenvalue weighted by atomic mass is 10.2. The Hall–Kier alpha value is -1.63. The minimum Gasteiger partial charge on any atom is -0.338 e. The summed E-state index contributed by atoms with van der Waals surface area (Å²) in [5.74, 6) is 0.164. The molecule has 2 fully saturated rings. The molecule has 1 saturated carbocycles. The number of urea groups is 1. The fraction of sp³-hybridized carbons (Fsp3) is 0.643. The van der Waals surface area contributed by atoms with Crippen molar-refractivity contribution in [3.63, 3.8) is 0 Å². The molecule has 114 valence electrons. The molecule has 2 aliphatic rings. The van der Waals surface area contributed by atoms with Gasteiger partial charge in [-0.25, -0.2) is 9.78 Å². The van der Waals surface area contributed by atoms with E-state index in [2.05, 4.69) is 15.6 Å². The molecule has 0 unspecified atom stereocenters. The van der Waals surface area contributed by atoms with E-state index in [1.165, 1.54) is 0 Å². The Morgan fingerprint density at radius 2 is 2.19 bits per heavy atom. The number of hydrogen-bond donors (Lipinski definition) is 2. The Labute approximate surface area is 127 Å². The molecule has 1 aromatic heterocycles. The molecular weight excluding hydrogens is 288 g/mol. The van der Waals surface area contributed by atoms with Crippen molar-refractivity contribution in [3.05, 3.63) is 15.6 Å². The summed E-state index contributed by atoms with van der Waals surface area (Å²) in [6, 6.07) is 0.147. The molecule has 1 aromatic rings. The highest BCUT2D eigenvalue weighted by Gasteiger charge is 2.39. The van der Waals surface area contributed by atoms with Crippen molar-refractivity contribution in [2.75, 3.05) is 6.54 Å². The average Bonchev–Trinajstić information content (AvgIpc) is 3.11. The molecule has 2 heterocycles. The number of carbonyl (C=O) groups is 2. The summed E-state index contributed by atoms with van der Waals surface area (Å²) in [7, 11) is 0. The van der Waals surface area contributed by atoms with Crippen LogP contribution in [0, 0.1) is 13.8 Å². The van der Waals surface area contributed by atoms with Gasteiger partial charge in [0.05, 0.1) is 23.3 Å². The zero-order chi connectivity index (χ0) is 15.0. The zero-order valence-electron chi connectivity index (χ0n) is 12.3. The van der Waals surface area contributed by atoms with Crippen molar-refractivity contribution < 1.29 is 9.59 Å². The van der Waals surface area contributed by atoms with E-state index < -0.39 is 0 Å². The second-order valence-corrected chi connectivity index (χ2v) is 7.03. The first-order valence-electron chi connectivity index (χ1n) is 7.29. The highest BCUT2D eigenvalue weighted by atomic mass is 32.1. The van der Waals surface area contributed by atoms with E-state index >= 15 is 0 Å². The van der Waals surface area contributed by atoms with Crippen molar-refractivity contribution in [1.29, 1.82) is 0 Å². The number of nitrogens with one attached hydrogen (secondary N) is 2. The van der Waals surface area contributed by atoms with Gasteiger partial charge in [-0.1, -0.05) is 0 Å². The summed E-state index contributed by atoms with van der Waals surface area (Å²) in [5, 5.41) is 6.74. The van der Waals surface area contributed by atoms with Crippen molar-refractivity contribution >= 4 is 23.3 Å². The first-order valence-corrected chi connectivity index (χ1v) is 8.11. The Balaban J connectivity index is 1.46. The molecule has 1 aliphatic carbocycles. The molecule has 3 rings (SSSR count). The second-order valence-electron chi connectivity index (χ2n) is 5.75. The summed E-state index contributed by atoms with van der Waals surface area (Å²) in [5.41, 5.74) is 0.966. The maximum absolute atomic E-state index is 11.9. The van der Waals surface area contributed by atoms with Gasteiger partial charge >= 0.3 is 6.03 Å². The Kier molecular flexibility index (Phi) is 3.84. The molecule has 0 bridgehead atoms. The predicted octanol–water partition coefficient (Wildman–Crippen LogP) is 1.32. The fourth-order valence-corrected chi connectivity index (χ4v) is 3.58. The third kappa shape index (κ3) is 3.34. The van der Waals surface area contributed by atoms with Crippen molar-refractivity contribution in [2.45, 2.75) is 51.7 Å². The summed E-state index contributed by atoms with van der Waals surface area (Å²) in [4.78, 5) is 31.1. The number of hydrogen-bond acceptors (Lipinski definition) is 4. The van der Waals surface area contributed by atoms with Gasteiger partial charge in [0.25, 0.3) is 0 Å². The van der Waals surface area contributed by atoms with Gasteiger partial charge in [0.15, 0.2) is 0 Å². The molecule has 1 aliphatic heterocycles. The van der Waals surface area contributed by atoms with E-state index in [0.717, 1.165) is 28.4 Å². The van der Waals surface area contributed by atoms with Crippen LogP contribution in [0.25, 0.3) is 0 Å². The van der Waals surface area contributed by atoms with Crippen LogP contribution in [-0.2, 0) is 11.3 Å². The number of rotatable bonds is 4. The van der Waals surface area contributed by atoms with Crippen LogP contribution >= 0.6 is 11.3 Å². The number of aromatic nitrogens is 1. The molecule has 2 N–H and O–H groups in total. The smallest absolute Gasteiger partial charge is 0.315 e. The van der Waals surface area contributed by atoms with E-state index in [0.29, 0.717) is 25.6 Å². The molecule has 0 spiro atoms. The highest BCUT2D eigenvalue weighted by Crippen LogP contribution is 2.30. The van der Waals surface area contributed by atoms with Gasteiger partial charge in [0, 0.05) is 23.9 Å². The van der Waals surface area contributed by atoms with Crippen LogP contribution in [0.3, 0.4) is 0 Å². The predicted molar refractivity (Wildman–Crippen MR) is 80.1 cm³/mol. The lowest BCUT2D eigenvalue weighted by molar-refractivity contribution is -0.128. The SMILES string of the molecule is Cc1nc(C)c(CNC(=O)N[C@@H]2CC(=O)N(C3CC3)C2)s1. The molecule has 1 saturated heterocycles. The fourth-order valence-electron chi connectivity index (χ4n) is 2.70. The van der Waals surface area contributed by atoms with E-state index in [9.17, 15) is 9.59 Å². The minimum atomic E-state index is -0.212. The maximum Gasteiger partial charge on any atom is 0.315 e. The number of nitrogens with zero attached hydrogens (tertiary/aromatic N) is 2. The highest BCUT2D eigenvalue weighted by molar-refractivity contribution is 7.11. The van der Waals surface area contributed by atoms with Crippen molar-refractivity contribution in [1.82, 2.24) is 20.5 Å². The maximum atomic E-state index is 11.9. The van der Waals surface area contributed by atoms with Crippen LogP contribution in [0.4, 0.5) is 4.79 Å². The first-order chi connectivity index (χ1) is 10.0. The van der Waals surface area contributed by atoms with Crippen molar-refractivity contribution in [3.8, 4) is 0 Å². The van der Waals surface area contributed by atoms with Crippen LogP contribution in [0.2, 0.25) is 0 Å². The lowest BCUT2D eigenvalue weighted by Gasteiger charge is -2.16. The van der Waals surface area contributed by atoms with Crippen LogP contribution in [-0.4, -0.2) is 40.5 Å². The molecular formula is C14H20N4O2S. The van der Waals surface area contributed by atoms with Gasteiger partial charge in [-0.15, -0.1) is 11.3 Å². The lowest BCUT2D eigenvalue weighted by Crippen LogP contribution is -2.43. The number of likely N-dealkylation sites (tertiary alicyclic amines) is 1. The normalized spacial score (nSPS) is 21.7. The molecule has 21 heavy (non-hydrogen) atoms. The molecule has 3 amide bonds. The number of amides is 3. The molecule has 1 atom stereocenters. The third-order valence-corrected chi connectivity index (χ3v) is 4.96. The summed E-state index contributed by atoms with van der Waals surface area (Å²) in [6.07, 6.45) is 2.63. The van der Waals surface area contributed by atoms with Gasteiger partial charge in [-0.05, 0) is 26.7 Å². The zero-order valence-corrected chi connectivity index (χ0v) is 13.1. The van der Waals surface area contributed by atoms with Crippen LogP contribution < -0.4 is 10.6 Å². The number of aryl methyl sites for hydroxylation is 2. The minimum absolute atomic E-state index is 0.0672. The number of carbonyl (C=O) groups excluding carboxylic acids is 2. The Bertz CT molecular complexity index is 567. The second kappa shape index (κ2) is 5.63. The average molecular weight is 308 g/mol. The first kappa shape index (κ1) is 14.3. The van der Waals surface area contributed by atoms with Gasteiger partial charge < -0.3 is 15.5 Å². The van der Waals surface area contributed by atoms with E-state index in [1.807, 2.05) is 18.7 Å². The monoisotopic (exact) mass is 308 g/mol. The molecule has 6 nitrogen and oxygen atoms in total. The van der Waals surface area contributed by atoms with Crippen LogP contribution in [0.5, 0.6) is 0 Å². The van der Waals surface area contributed by atoms with Gasteiger partial charge in [-0.3, -0.25) is 4.79 Å².